The van der Waals surface area contributed by atoms with Gasteiger partial charge in [0.15, 0.2) is 0 Å². The summed E-state index contributed by atoms with van der Waals surface area (Å²) in [5, 5.41) is 2.05. The molecule has 0 unspecified atom stereocenters. The summed E-state index contributed by atoms with van der Waals surface area (Å²) < 4.78 is 27.9. The van der Waals surface area contributed by atoms with Crippen LogP contribution in [0, 0.1) is 17.8 Å². The van der Waals surface area contributed by atoms with Gasteiger partial charge < -0.3 is 4.90 Å². The largest absolute Gasteiger partial charge is 0.332 e. The minimum Gasteiger partial charge on any atom is -0.332 e. The third-order valence-corrected chi connectivity index (χ3v) is 8.65. The standard InChI is InChI=1S/C22H26N2O2S/c25-27(26,22-8-7-18-3-1-2-4-19(18)15-22)24-11-9-23(10-12-24)16-21-14-17-5-6-20(21)13-17/h1-8,15,17,20-21H,9-14,16H2/p+1/t17-,20-,21+/m0/s1. The molecule has 1 saturated heterocycles. The molecule has 3 aliphatic rings. The molecule has 0 radical (unpaired) electrons. The van der Waals surface area contributed by atoms with Crippen molar-refractivity contribution in [3.63, 3.8) is 0 Å². The lowest BCUT2D eigenvalue weighted by Crippen LogP contribution is -3.15. The molecule has 0 amide bonds. The van der Waals surface area contributed by atoms with E-state index < -0.39 is 10.0 Å². The Bertz CT molecular complexity index is 977. The highest BCUT2D eigenvalue weighted by molar-refractivity contribution is 7.89. The predicted molar refractivity (Wildman–Crippen MR) is 107 cm³/mol. The first kappa shape index (κ1) is 17.4. The van der Waals surface area contributed by atoms with Gasteiger partial charge in [-0.25, -0.2) is 8.42 Å². The first-order valence-corrected chi connectivity index (χ1v) is 11.5. The van der Waals surface area contributed by atoms with Gasteiger partial charge in [-0.1, -0.05) is 42.5 Å². The van der Waals surface area contributed by atoms with Crippen LogP contribution in [-0.4, -0.2) is 45.4 Å². The maximum Gasteiger partial charge on any atom is 0.243 e. The molecule has 2 bridgehead atoms. The van der Waals surface area contributed by atoms with E-state index in [1.165, 1.54) is 19.4 Å². The molecule has 5 heteroatoms. The summed E-state index contributed by atoms with van der Waals surface area (Å²) in [6.07, 6.45) is 7.49. The van der Waals surface area contributed by atoms with Crippen LogP contribution < -0.4 is 4.90 Å². The molecule has 1 saturated carbocycles. The quantitative estimate of drug-likeness (QED) is 0.820. The zero-order chi connectivity index (χ0) is 18.4. The minimum atomic E-state index is -3.40. The molecule has 1 heterocycles. The number of nitrogens with one attached hydrogen (secondary N) is 1. The molecule has 1 N–H and O–H groups in total. The van der Waals surface area contributed by atoms with Crippen LogP contribution in [0.2, 0.25) is 0 Å². The second-order valence-corrected chi connectivity index (χ2v) is 10.3. The smallest absolute Gasteiger partial charge is 0.243 e. The highest BCUT2D eigenvalue weighted by atomic mass is 32.2. The van der Waals surface area contributed by atoms with Crippen LogP contribution >= 0.6 is 0 Å². The summed E-state index contributed by atoms with van der Waals surface area (Å²) in [6.45, 7) is 4.30. The van der Waals surface area contributed by atoms with E-state index in [1.807, 2.05) is 36.4 Å². The number of rotatable bonds is 4. The number of benzene rings is 2. The summed E-state index contributed by atoms with van der Waals surface area (Å²) in [4.78, 5) is 1.99. The van der Waals surface area contributed by atoms with Gasteiger partial charge >= 0.3 is 0 Å². The van der Waals surface area contributed by atoms with Crippen LogP contribution in [0.4, 0.5) is 0 Å². The van der Waals surface area contributed by atoms with Gasteiger partial charge in [-0.3, -0.25) is 0 Å². The molecule has 4 nitrogen and oxygen atoms in total. The number of nitrogens with zero attached hydrogens (tertiary/aromatic N) is 1. The molecule has 2 fully saturated rings. The molecule has 2 aliphatic carbocycles. The molecule has 27 heavy (non-hydrogen) atoms. The number of piperazine rings is 1. The van der Waals surface area contributed by atoms with Crippen LogP contribution in [0.5, 0.6) is 0 Å². The predicted octanol–water partition coefficient (Wildman–Crippen LogP) is 1.94. The molecule has 2 aromatic rings. The summed E-state index contributed by atoms with van der Waals surface area (Å²) >= 11 is 0. The van der Waals surface area contributed by atoms with Crippen LogP contribution in [0.3, 0.4) is 0 Å². The van der Waals surface area contributed by atoms with E-state index in [2.05, 4.69) is 12.2 Å². The van der Waals surface area contributed by atoms with Crippen molar-refractivity contribution in [2.24, 2.45) is 17.8 Å². The second kappa shape index (κ2) is 6.73. The summed E-state index contributed by atoms with van der Waals surface area (Å²) in [5.41, 5.74) is 0. The molecule has 0 spiro atoms. The Labute approximate surface area is 161 Å². The number of hydrogen-bond acceptors (Lipinski definition) is 2. The summed E-state index contributed by atoms with van der Waals surface area (Å²) in [5.74, 6) is 2.40. The van der Waals surface area contributed by atoms with Crippen LogP contribution in [-0.2, 0) is 10.0 Å². The van der Waals surface area contributed by atoms with Gasteiger partial charge in [0.05, 0.1) is 37.6 Å². The molecule has 5 rings (SSSR count). The van der Waals surface area contributed by atoms with E-state index >= 15 is 0 Å². The van der Waals surface area contributed by atoms with Crippen molar-refractivity contribution in [1.82, 2.24) is 4.31 Å². The first-order valence-electron chi connectivity index (χ1n) is 10.1. The van der Waals surface area contributed by atoms with Crippen molar-refractivity contribution in [3.05, 3.63) is 54.6 Å². The van der Waals surface area contributed by atoms with Gasteiger partial charge in [-0.15, -0.1) is 0 Å². The zero-order valence-electron chi connectivity index (χ0n) is 15.5. The minimum absolute atomic E-state index is 0.419. The van der Waals surface area contributed by atoms with E-state index in [4.69, 9.17) is 0 Å². The van der Waals surface area contributed by atoms with E-state index in [-0.39, 0.29) is 0 Å². The van der Waals surface area contributed by atoms with Crippen molar-refractivity contribution in [3.8, 4) is 0 Å². The first-order chi connectivity index (χ1) is 13.1. The maximum absolute atomic E-state index is 13.1. The average Bonchev–Trinajstić information content (AvgIpc) is 3.31. The van der Waals surface area contributed by atoms with E-state index in [1.54, 1.807) is 15.3 Å². The third kappa shape index (κ3) is 3.22. The molecule has 1 aliphatic heterocycles. The zero-order valence-corrected chi connectivity index (χ0v) is 16.4. The Balaban J connectivity index is 1.25. The van der Waals surface area contributed by atoms with Gasteiger partial charge in [-0.2, -0.15) is 4.31 Å². The number of allylic oxidation sites excluding steroid dienone is 2. The SMILES string of the molecule is O=S(=O)(c1ccc2ccccc2c1)N1CC[NH+](C[C@H]2C[C@H]3C=C[C@H]2C3)CC1. The number of sulfonamides is 1. The molecule has 142 valence electrons. The van der Waals surface area contributed by atoms with Gasteiger partial charge in [0, 0.05) is 5.92 Å². The van der Waals surface area contributed by atoms with Gasteiger partial charge in [-0.05, 0) is 47.6 Å². The second-order valence-electron chi connectivity index (χ2n) is 8.41. The normalized spacial score (nSPS) is 29.0. The summed E-state index contributed by atoms with van der Waals surface area (Å²) in [6, 6.07) is 13.4. The van der Waals surface area contributed by atoms with Gasteiger partial charge in [0.2, 0.25) is 10.0 Å². The van der Waals surface area contributed by atoms with Crippen molar-refractivity contribution >= 4 is 20.8 Å². The van der Waals surface area contributed by atoms with Crippen molar-refractivity contribution in [2.75, 3.05) is 32.7 Å². The van der Waals surface area contributed by atoms with E-state index in [0.29, 0.717) is 18.0 Å². The average molecular weight is 384 g/mol. The number of quaternary nitrogens is 1. The Morgan fingerprint density at radius 2 is 1.74 bits per heavy atom. The maximum atomic E-state index is 13.1. The van der Waals surface area contributed by atoms with Crippen LogP contribution in [0.1, 0.15) is 12.8 Å². The fourth-order valence-corrected chi connectivity index (χ4v) is 6.70. The lowest BCUT2D eigenvalue weighted by molar-refractivity contribution is -0.907. The summed E-state index contributed by atoms with van der Waals surface area (Å²) in [7, 11) is -3.40. The molecule has 3 atom stereocenters. The van der Waals surface area contributed by atoms with Gasteiger partial charge in [0.1, 0.15) is 0 Å². The lowest BCUT2D eigenvalue weighted by Gasteiger charge is -2.33. The number of hydrogen-bond donors (Lipinski definition) is 1. The van der Waals surface area contributed by atoms with Crippen LogP contribution in [0.25, 0.3) is 10.8 Å². The third-order valence-electron chi connectivity index (χ3n) is 6.76. The fraction of sp³-hybridized carbons (Fsp3) is 0.455. The molecule has 0 aromatic heterocycles. The topological polar surface area (TPSA) is 41.8 Å². The fourth-order valence-electron chi connectivity index (χ4n) is 5.22. The van der Waals surface area contributed by atoms with Crippen molar-refractivity contribution in [1.29, 1.82) is 0 Å². The Morgan fingerprint density at radius 3 is 2.44 bits per heavy atom. The van der Waals surface area contributed by atoms with Crippen molar-refractivity contribution in [2.45, 2.75) is 17.7 Å². The van der Waals surface area contributed by atoms with E-state index in [9.17, 15) is 8.42 Å². The van der Waals surface area contributed by atoms with Crippen LogP contribution in [0.15, 0.2) is 59.5 Å². The number of fused-ring (bicyclic) bond motifs is 3. The Hall–Kier alpha value is -1.69. The van der Waals surface area contributed by atoms with E-state index in [0.717, 1.165) is 41.6 Å². The highest BCUT2D eigenvalue weighted by Gasteiger charge is 2.39. The molecular formula is C22H27N2O2S+. The Kier molecular flexibility index (Phi) is 4.34. The highest BCUT2D eigenvalue weighted by Crippen LogP contribution is 2.42. The Morgan fingerprint density at radius 1 is 0.963 bits per heavy atom. The van der Waals surface area contributed by atoms with Crippen molar-refractivity contribution < 1.29 is 13.3 Å². The van der Waals surface area contributed by atoms with Gasteiger partial charge in [0.25, 0.3) is 0 Å². The molecule has 2 aromatic carbocycles. The monoisotopic (exact) mass is 383 g/mol. The lowest BCUT2D eigenvalue weighted by atomic mass is 9.93. The molecular weight excluding hydrogens is 356 g/mol.